The van der Waals surface area contributed by atoms with E-state index in [2.05, 4.69) is 15.6 Å². The molecule has 31 heavy (non-hydrogen) atoms. The molecule has 0 bridgehead atoms. The highest BCUT2D eigenvalue weighted by molar-refractivity contribution is 6.14. The Morgan fingerprint density at radius 1 is 1.13 bits per heavy atom. The molecule has 8 nitrogen and oxygen atoms in total. The van der Waals surface area contributed by atoms with E-state index in [9.17, 15) is 19.2 Å². The van der Waals surface area contributed by atoms with Crippen LogP contribution in [-0.4, -0.2) is 39.6 Å². The number of nitrogens with zero attached hydrogens (tertiary/aromatic N) is 1. The summed E-state index contributed by atoms with van der Waals surface area (Å²) < 4.78 is 0. The van der Waals surface area contributed by atoms with Crippen LogP contribution in [0, 0.1) is 6.92 Å². The van der Waals surface area contributed by atoms with Gasteiger partial charge in [0.05, 0.1) is 5.56 Å². The van der Waals surface area contributed by atoms with E-state index in [1.807, 2.05) is 31.2 Å². The third-order valence-corrected chi connectivity index (χ3v) is 5.90. The van der Waals surface area contributed by atoms with E-state index in [4.69, 9.17) is 0 Å². The molecule has 4 amide bonds. The maximum absolute atomic E-state index is 13.0. The molecular weight excluding hydrogens is 396 g/mol. The summed E-state index contributed by atoms with van der Waals surface area (Å²) in [5.74, 6) is -1.24. The monoisotopic (exact) mass is 416 g/mol. The summed E-state index contributed by atoms with van der Waals surface area (Å²) in [5.41, 5.74) is 4.07. The quantitative estimate of drug-likeness (QED) is 0.570. The number of aryl methyl sites for hydroxylation is 1. The summed E-state index contributed by atoms with van der Waals surface area (Å²) in [6.07, 6.45) is 0.523. The SMILES string of the molecule is Cc1[nH]c2ccccc2c1C(=O)Nc1ccc2c(c1)CN(C1CCC(=O)NC1=O)C2=O. The number of anilines is 1. The minimum absolute atomic E-state index is 0.210. The number of amides is 4. The third-order valence-electron chi connectivity index (χ3n) is 5.90. The Bertz CT molecular complexity index is 1280. The Hall–Kier alpha value is -3.94. The molecule has 2 aliphatic rings. The molecule has 1 atom stereocenters. The van der Waals surface area contributed by atoms with Crippen molar-refractivity contribution in [2.24, 2.45) is 0 Å². The summed E-state index contributed by atoms with van der Waals surface area (Å²) >= 11 is 0. The molecule has 3 heterocycles. The first-order chi connectivity index (χ1) is 14.9. The fourth-order valence-electron chi connectivity index (χ4n) is 4.42. The number of nitrogens with one attached hydrogen (secondary N) is 3. The van der Waals surface area contributed by atoms with Gasteiger partial charge in [-0.15, -0.1) is 0 Å². The number of H-pyrrole nitrogens is 1. The summed E-state index contributed by atoms with van der Waals surface area (Å²) in [6.45, 7) is 2.12. The smallest absolute Gasteiger partial charge is 0.258 e. The van der Waals surface area contributed by atoms with Crippen molar-refractivity contribution in [1.29, 1.82) is 0 Å². The van der Waals surface area contributed by atoms with Gasteiger partial charge in [-0.05, 0) is 43.2 Å². The van der Waals surface area contributed by atoms with Crippen LogP contribution in [0.25, 0.3) is 10.9 Å². The van der Waals surface area contributed by atoms with Crippen molar-refractivity contribution < 1.29 is 19.2 Å². The number of aromatic amines is 1. The zero-order chi connectivity index (χ0) is 21.7. The number of rotatable bonds is 3. The lowest BCUT2D eigenvalue weighted by Crippen LogP contribution is -2.52. The van der Waals surface area contributed by atoms with Gasteiger partial charge in [-0.2, -0.15) is 0 Å². The van der Waals surface area contributed by atoms with E-state index in [1.54, 1.807) is 18.2 Å². The molecular formula is C23H20N4O4. The van der Waals surface area contributed by atoms with Crippen LogP contribution in [0.3, 0.4) is 0 Å². The highest BCUT2D eigenvalue weighted by Gasteiger charge is 2.39. The first kappa shape index (κ1) is 19.0. The number of para-hydroxylation sites is 1. The zero-order valence-electron chi connectivity index (χ0n) is 16.8. The lowest BCUT2D eigenvalue weighted by molar-refractivity contribution is -0.136. The molecule has 0 radical (unpaired) electrons. The Morgan fingerprint density at radius 3 is 2.74 bits per heavy atom. The maximum atomic E-state index is 13.0. The van der Waals surface area contributed by atoms with Crippen LogP contribution in [-0.2, 0) is 16.1 Å². The molecule has 1 fully saturated rings. The molecule has 5 rings (SSSR count). The summed E-state index contributed by atoms with van der Waals surface area (Å²) in [4.78, 5) is 54.1. The van der Waals surface area contributed by atoms with E-state index in [0.29, 0.717) is 23.2 Å². The van der Waals surface area contributed by atoms with E-state index >= 15 is 0 Å². The molecule has 1 unspecified atom stereocenters. The highest BCUT2D eigenvalue weighted by Crippen LogP contribution is 2.30. The van der Waals surface area contributed by atoms with Gasteiger partial charge in [-0.1, -0.05) is 18.2 Å². The number of aromatic nitrogens is 1. The molecule has 2 aromatic carbocycles. The fraction of sp³-hybridized carbons (Fsp3) is 0.217. The van der Waals surface area contributed by atoms with Crippen molar-refractivity contribution in [2.75, 3.05) is 5.32 Å². The van der Waals surface area contributed by atoms with Crippen molar-refractivity contribution >= 4 is 40.2 Å². The summed E-state index contributed by atoms with van der Waals surface area (Å²) in [7, 11) is 0. The zero-order valence-corrected chi connectivity index (χ0v) is 16.8. The Labute approximate surface area is 177 Å². The van der Waals surface area contributed by atoms with Crippen LogP contribution < -0.4 is 10.6 Å². The number of fused-ring (bicyclic) bond motifs is 2. The van der Waals surface area contributed by atoms with Gasteiger partial charge in [-0.3, -0.25) is 24.5 Å². The number of piperidine rings is 1. The van der Waals surface area contributed by atoms with Gasteiger partial charge in [0.25, 0.3) is 11.8 Å². The second kappa shape index (κ2) is 7.09. The minimum Gasteiger partial charge on any atom is -0.358 e. The normalized spacial score (nSPS) is 18.3. The number of imide groups is 1. The Balaban J connectivity index is 1.38. The topological polar surface area (TPSA) is 111 Å². The lowest BCUT2D eigenvalue weighted by atomic mass is 10.0. The predicted octanol–water partition coefficient (Wildman–Crippen LogP) is 2.49. The van der Waals surface area contributed by atoms with Crippen LogP contribution in [0.5, 0.6) is 0 Å². The average molecular weight is 416 g/mol. The Morgan fingerprint density at radius 2 is 1.94 bits per heavy atom. The van der Waals surface area contributed by atoms with Gasteiger partial charge in [0, 0.05) is 40.8 Å². The summed E-state index contributed by atoms with van der Waals surface area (Å²) in [5, 5.41) is 6.06. The van der Waals surface area contributed by atoms with Crippen molar-refractivity contribution in [1.82, 2.24) is 15.2 Å². The number of hydrogen-bond acceptors (Lipinski definition) is 4. The van der Waals surface area contributed by atoms with Crippen LogP contribution in [0.1, 0.15) is 44.8 Å². The molecule has 0 saturated carbocycles. The molecule has 156 valence electrons. The van der Waals surface area contributed by atoms with E-state index in [0.717, 1.165) is 22.2 Å². The molecule has 8 heteroatoms. The van der Waals surface area contributed by atoms with Crippen molar-refractivity contribution in [2.45, 2.75) is 32.4 Å². The maximum Gasteiger partial charge on any atom is 0.258 e. The van der Waals surface area contributed by atoms with Gasteiger partial charge in [-0.25, -0.2) is 0 Å². The number of benzene rings is 2. The van der Waals surface area contributed by atoms with E-state index < -0.39 is 11.9 Å². The van der Waals surface area contributed by atoms with Gasteiger partial charge < -0.3 is 15.2 Å². The van der Waals surface area contributed by atoms with E-state index in [1.165, 1.54) is 4.90 Å². The van der Waals surface area contributed by atoms with Crippen LogP contribution >= 0.6 is 0 Å². The number of hydrogen-bond donors (Lipinski definition) is 3. The molecule has 1 saturated heterocycles. The molecule has 3 aromatic rings. The first-order valence-corrected chi connectivity index (χ1v) is 10.1. The van der Waals surface area contributed by atoms with Gasteiger partial charge in [0.1, 0.15) is 6.04 Å². The van der Waals surface area contributed by atoms with Gasteiger partial charge in [0.15, 0.2) is 0 Å². The minimum atomic E-state index is -0.662. The number of carbonyl (C=O) groups is 4. The standard InChI is InChI=1S/C23H20N4O4/c1-12-20(16-4-2-3-5-17(16)24-12)22(30)25-14-6-7-15-13(10-14)11-27(23(15)31)18-8-9-19(28)26-21(18)29/h2-7,10,18,24H,8-9,11H2,1H3,(H,25,30)(H,26,28,29). The second-order valence-corrected chi connectivity index (χ2v) is 7.90. The molecule has 1 aromatic heterocycles. The van der Waals surface area contributed by atoms with Gasteiger partial charge >= 0.3 is 0 Å². The third kappa shape index (κ3) is 3.16. The lowest BCUT2D eigenvalue weighted by Gasteiger charge is -2.29. The van der Waals surface area contributed by atoms with Crippen LogP contribution in [0.15, 0.2) is 42.5 Å². The Kier molecular flexibility index (Phi) is 4.35. The predicted molar refractivity (Wildman–Crippen MR) is 113 cm³/mol. The molecule has 3 N–H and O–H groups in total. The first-order valence-electron chi connectivity index (χ1n) is 10.1. The average Bonchev–Trinajstić information content (AvgIpc) is 3.24. The van der Waals surface area contributed by atoms with Crippen molar-refractivity contribution in [3.05, 3.63) is 64.8 Å². The van der Waals surface area contributed by atoms with Crippen molar-refractivity contribution in [3.63, 3.8) is 0 Å². The highest BCUT2D eigenvalue weighted by atomic mass is 16.2. The largest absolute Gasteiger partial charge is 0.358 e. The number of carbonyl (C=O) groups excluding carboxylic acids is 4. The van der Waals surface area contributed by atoms with Crippen molar-refractivity contribution in [3.8, 4) is 0 Å². The van der Waals surface area contributed by atoms with E-state index in [-0.39, 0.29) is 30.7 Å². The molecule has 0 aliphatic carbocycles. The molecule has 2 aliphatic heterocycles. The summed E-state index contributed by atoms with van der Waals surface area (Å²) in [6, 6.07) is 12.1. The second-order valence-electron chi connectivity index (χ2n) is 7.90. The van der Waals surface area contributed by atoms with Crippen LogP contribution in [0.4, 0.5) is 5.69 Å². The van der Waals surface area contributed by atoms with Gasteiger partial charge in [0.2, 0.25) is 11.8 Å². The fourth-order valence-corrected chi connectivity index (χ4v) is 4.42. The van der Waals surface area contributed by atoms with Crippen LogP contribution in [0.2, 0.25) is 0 Å². The molecule has 0 spiro atoms.